The van der Waals surface area contributed by atoms with E-state index >= 15 is 0 Å². The van der Waals surface area contributed by atoms with Gasteiger partial charge in [-0.2, -0.15) is 0 Å². The van der Waals surface area contributed by atoms with Gasteiger partial charge in [0.2, 0.25) is 0 Å². The van der Waals surface area contributed by atoms with E-state index in [1.165, 1.54) is 11.8 Å². The van der Waals surface area contributed by atoms with E-state index in [1.807, 2.05) is 37.5 Å². The third-order valence-corrected chi connectivity index (χ3v) is 5.73. The number of aromatic nitrogens is 5. The number of nitrogens with zero attached hydrogens (tertiary/aromatic N) is 5. The number of hydrogen-bond acceptors (Lipinski definition) is 6. The molecule has 4 aromatic heterocycles. The number of fused-ring (bicyclic) bond motifs is 1. The van der Waals surface area contributed by atoms with Gasteiger partial charge in [-0.15, -0.1) is 10.2 Å². The Bertz CT molecular complexity index is 1210. The minimum atomic E-state index is -0.0190. The lowest BCUT2D eigenvalue weighted by molar-refractivity contribution is 0.102. The molecule has 0 unspecified atom stereocenters. The quantitative estimate of drug-likeness (QED) is 0.333. The summed E-state index contributed by atoms with van der Waals surface area (Å²) in [6.07, 6.45) is 1.67. The minimum Gasteiger partial charge on any atom is -0.360 e. The van der Waals surface area contributed by atoms with Crippen LogP contribution in [0, 0.1) is 20.8 Å². The Morgan fingerprint density at radius 3 is 2.68 bits per heavy atom. The van der Waals surface area contributed by atoms with E-state index in [1.54, 1.807) is 16.7 Å². The van der Waals surface area contributed by atoms with Crippen LogP contribution in [0.3, 0.4) is 0 Å². The van der Waals surface area contributed by atoms with Crippen LogP contribution in [0.4, 0.5) is 0 Å². The Kier molecular flexibility index (Phi) is 4.95. The summed E-state index contributed by atoms with van der Waals surface area (Å²) in [7, 11) is 0. The highest BCUT2D eigenvalue weighted by atomic mass is 35.5. The number of carbonyl (C=O) groups excluding carboxylic acids is 1. The highest BCUT2D eigenvalue weighted by Crippen LogP contribution is 2.27. The molecular weight excluding hydrogens is 421 g/mol. The van der Waals surface area contributed by atoms with Crippen LogP contribution in [-0.4, -0.2) is 35.9 Å². The van der Waals surface area contributed by atoms with Crippen LogP contribution in [0.25, 0.3) is 11.5 Å². The second-order valence-corrected chi connectivity index (χ2v) is 8.10. The first kappa shape index (κ1) is 19.0. The highest BCUT2D eigenvalue weighted by molar-refractivity contribution is 7.99. The largest absolute Gasteiger partial charge is 0.360 e. The number of carbonyl (C=O) groups is 1. The molecular formula is C18H15Cl2N5O2S. The van der Waals surface area contributed by atoms with Crippen molar-refractivity contribution in [3.63, 3.8) is 0 Å². The van der Waals surface area contributed by atoms with E-state index in [0.717, 1.165) is 11.4 Å². The van der Waals surface area contributed by atoms with E-state index in [4.69, 9.17) is 27.7 Å². The number of aryl methyl sites for hydroxylation is 2. The number of hydrogen-bond donors (Lipinski definition) is 0. The second kappa shape index (κ2) is 7.27. The zero-order valence-electron chi connectivity index (χ0n) is 15.2. The molecule has 0 saturated carbocycles. The van der Waals surface area contributed by atoms with Gasteiger partial charge in [-0.3, -0.25) is 13.8 Å². The Labute approximate surface area is 174 Å². The van der Waals surface area contributed by atoms with Gasteiger partial charge in [0.1, 0.15) is 5.76 Å². The van der Waals surface area contributed by atoms with Crippen LogP contribution in [0.5, 0.6) is 0 Å². The normalized spacial score (nSPS) is 11.5. The fraction of sp³-hybridized carbons (Fsp3) is 0.222. The minimum absolute atomic E-state index is 0.0190. The van der Waals surface area contributed by atoms with Gasteiger partial charge in [0, 0.05) is 29.2 Å². The van der Waals surface area contributed by atoms with Gasteiger partial charge in [-0.1, -0.05) is 40.1 Å². The third kappa shape index (κ3) is 3.32. The summed E-state index contributed by atoms with van der Waals surface area (Å²) < 4.78 is 8.74. The number of Topliss-reactive ketones (excluding diaryl/α,β-unsaturated/α-hetero) is 1. The number of halogens is 2. The molecule has 0 bridgehead atoms. The maximum absolute atomic E-state index is 12.8. The molecule has 0 atom stereocenters. The average molecular weight is 436 g/mol. The first-order chi connectivity index (χ1) is 13.3. The van der Waals surface area contributed by atoms with Crippen LogP contribution < -0.4 is 0 Å². The van der Waals surface area contributed by atoms with Crippen LogP contribution in [0.1, 0.15) is 27.5 Å². The smallest absolute Gasteiger partial charge is 0.196 e. The molecule has 0 radical (unpaired) electrons. The Morgan fingerprint density at radius 1 is 1.18 bits per heavy atom. The van der Waals surface area contributed by atoms with Crippen molar-refractivity contribution < 1.29 is 9.32 Å². The van der Waals surface area contributed by atoms with E-state index in [0.29, 0.717) is 38.0 Å². The molecule has 0 fully saturated rings. The third-order valence-electron chi connectivity index (χ3n) is 4.30. The number of rotatable bonds is 5. The Hall–Kier alpha value is -2.29. The van der Waals surface area contributed by atoms with E-state index in [9.17, 15) is 4.79 Å². The molecule has 4 heterocycles. The van der Waals surface area contributed by atoms with Gasteiger partial charge in [0.05, 0.1) is 15.8 Å². The summed E-state index contributed by atoms with van der Waals surface area (Å²) in [6, 6.07) is 5.30. The predicted molar refractivity (Wildman–Crippen MR) is 108 cm³/mol. The zero-order valence-corrected chi connectivity index (χ0v) is 17.6. The molecule has 4 rings (SSSR count). The molecule has 0 spiro atoms. The van der Waals surface area contributed by atoms with E-state index < -0.39 is 0 Å². The molecule has 28 heavy (non-hydrogen) atoms. The van der Waals surface area contributed by atoms with Gasteiger partial charge in [0.15, 0.2) is 22.4 Å². The maximum atomic E-state index is 12.8. The SMILES string of the molecule is Cc1cc(-n2c(C)cc(C(=O)CSc3nnc4c(Cl)cc(Cl)cn34)c2C)no1. The lowest BCUT2D eigenvalue weighted by atomic mass is 10.2. The second-order valence-electron chi connectivity index (χ2n) is 6.31. The van der Waals surface area contributed by atoms with Crippen molar-refractivity contribution in [2.45, 2.75) is 25.9 Å². The van der Waals surface area contributed by atoms with Crippen LogP contribution >= 0.6 is 35.0 Å². The van der Waals surface area contributed by atoms with Crippen LogP contribution in [-0.2, 0) is 0 Å². The number of thioether (sulfide) groups is 1. The lowest BCUT2D eigenvalue weighted by Gasteiger charge is -2.05. The Balaban J connectivity index is 1.58. The number of pyridine rings is 1. The molecule has 0 aliphatic heterocycles. The van der Waals surface area contributed by atoms with Crippen molar-refractivity contribution in [2.75, 3.05) is 5.75 Å². The van der Waals surface area contributed by atoms with Gasteiger partial charge < -0.3 is 4.52 Å². The van der Waals surface area contributed by atoms with Crippen LogP contribution in [0.15, 0.2) is 34.1 Å². The fourth-order valence-corrected chi connectivity index (χ4v) is 4.37. The van der Waals surface area contributed by atoms with E-state index in [-0.39, 0.29) is 11.5 Å². The van der Waals surface area contributed by atoms with Crippen molar-refractivity contribution in [1.29, 1.82) is 0 Å². The zero-order chi connectivity index (χ0) is 20.0. The first-order valence-corrected chi connectivity index (χ1v) is 10.1. The van der Waals surface area contributed by atoms with Gasteiger partial charge in [-0.25, -0.2) is 0 Å². The van der Waals surface area contributed by atoms with E-state index in [2.05, 4.69) is 15.4 Å². The van der Waals surface area contributed by atoms with Gasteiger partial charge in [-0.05, 0) is 32.9 Å². The molecule has 0 amide bonds. The lowest BCUT2D eigenvalue weighted by Crippen LogP contribution is -2.06. The summed E-state index contributed by atoms with van der Waals surface area (Å²) in [5.41, 5.74) is 2.86. The highest BCUT2D eigenvalue weighted by Gasteiger charge is 2.20. The predicted octanol–water partition coefficient (Wildman–Crippen LogP) is 4.72. The molecule has 0 aromatic carbocycles. The molecule has 0 aliphatic rings. The van der Waals surface area contributed by atoms with Crippen molar-refractivity contribution in [3.8, 4) is 5.82 Å². The summed E-state index contributed by atoms with van der Waals surface area (Å²) in [5.74, 6) is 1.55. The van der Waals surface area contributed by atoms with Crippen molar-refractivity contribution >= 4 is 46.4 Å². The molecule has 0 aliphatic carbocycles. The van der Waals surface area contributed by atoms with Crippen molar-refractivity contribution in [1.82, 2.24) is 24.3 Å². The first-order valence-electron chi connectivity index (χ1n) is 8.33. The van der Waals surface area contributed by atoms with Crippen LogP contribution in [0.2, 0.25) is 10.0 Å². The monoisotopic (exact) mass is 435 g/mol. The fourth-order valence-electron chi connectivity index (χ4n) is 3.07. The van der Waals surface area contributed by atoms with Gasteiger partial charge in [0.25, 0.3) is 0 Å². The summed E-state index contributed by atoms with van der Waals surface area (Å²) in [6.45, 7) is 5.65. The topological polar surface area (TPSA) is 78.2 Å². The summed E-state index contributed by atoms with van der Waals surface area (Å²) >= 11 is 13.5. The summed E-state index contributed by atoms with van der Waals surface area (Å²) in [5, 5.41) is 13.6. The van der Waals surface area contributed by atoms with Crippen molar-refractivity contribution in [2.24, 2.45) is 0 Å². The maximum Gasteiger partial charge on any atom is 0.196 e. The average Bonchev–Trinajstić information content (AvgIpc) is 3.31. The number of ketones is 1. The molecule has 10 heteroatoms. The Morgan fingerprint density at radius 2 is 1.96 bits per heavy atom. The standard InChI is InChI=1S/C18H15Cl2N5O2S/c1-9-4-13(11(3)25(9)16-5-10(2)27-23-16)15(26)8-28-18-22-21-17-14(20)6-12(19)7-24(17)18/h4-7H,8H2,1-3H3. The van der Waals surface area contributed by atoms with Gasteiger partial charge >= 0.3 is 0 Å². The summed E-state index contributed by atoms with van der Waals surface area (Å²) in [4.78, 5) is 12.8. The molecule has 0 saturated heterocycles. The molecule has 7 nitrogen and oxygen atoms in total. The molecule has 0 N–H and O–H groups in total. The molecule has 144 valence electrons. The van der Waals surface area contributed by atoms with Crippen molar-refractivity contribution in [3.05, 3.63) is 57.2 Å². The molecule has 4 aromatic rings.